The maximum Gasteiger partial charge on any atom is 0.416 e. The molecule has 1 unspecified atom stereocenters. The van der Waals surface area contributed by atoms with Crippen molar-refractivity contribution in [2.75, 3.05) is 32.7 Å². The molecule has 0 bridgehead atoms. The number of carbonyl (C=O) groups is 3. The van der Waals surface area contributed by atoms with Crippen molar-refractivity contribution in [2.24, 2.45) is 17.8 Å². The summed E-state index contributed by atoms with van der Waals surface area (Å²) in [4.78, 5) is 38.8. The van der Waals surface area contributed by atoms with E-state index in [1.54, 1.807) is 103 Å². The zero-order valence-corrected chi connectivity index (χ0v) is 42.0. The second-order valence-corrected chi connectivity index (χ2v) is 22.7. The first kappa shape index (κ1) is 54.2. The Labute approximate surface area is 400 Å². The number of amides is 2. The smallest absolute Gasteiger partial charge is 0.416 e. The van der Waals surface area contributed by atoms with Gasteiger partial charge in [-0.15, -0.1) is 0 Å². The standard InChI is InChI=1S/C48H68N3O15PS/c1-31(2)26-51(68(57,58)38-21-17-35(18-22-38)28-60-44(53)43(32(3)4)50-47(55)64-48(7,8)9)27-41(52)40(49-46(54)63-42-29-61-45-39(42)23-24-59-45)25-34-15-19-36(20-16-34)62-30-67(56,65-33(5)6)66-37-13-11-10-12-14-37/h10-22,31-33,39-43,45,52H,23-30H2,1-9H3,(H,49,54)(H,50,55)/t39-,40-,41+,42-,43-,45+,67?/m0/s1. The van der Waals surface area contributed by atoms with E-state index < -0.39 is 84.6 Å². The quantitative estimate of drug-likeness (QED) is 0.0478. The maximum absolute atomic E-state index is 14.3. The fourth-order valence-electron chi connectivity index (χ4n) is 7.42. The van der Waals surface area contributed by atoms with Crippen LogP contribution in [0.4, 0.5) is 9.59 Å². The molecule has 2 fully saturated rings. The fourth-order valence-corrected chi connectivity index (χ4v) is 10.6. The summed E-state index contributed by atoms with van der Waals surface area (Å²) in [5, 5.41) is 17.3. The van der Waals surface area contributed by atoms with Gasteiger partial charge in [0.05, 0.1) is 42.3 Å². The Bertz CT molecular complexity index is 2260. The van der Waals surface area contributed by atoms with Crippen molar-refractivity contribution < 1.29 is 69.9 Å². The molecule has 7 atom stereocenters. The monoisotopic (exact) mass is 989 g/mol. The van der Waals surface area contributed by atoms with Crippen LogP contribution in [0.15, 0.2) is 83.8 Å². The number of para-hydroxylation sites is 1. The predicted molar refractivity (Wildman–Crippen MR) is 251 cm³/mol. The summed E-state index contributed by atoms with van der Waals surface area (Å²) in [5.74, 6) is -0.580. The highest BCUT2D eigenvalue weighted by atomic mass is 32.2. The first-order valence-electron chi connectivity index (χ1n) is 22.9. The predicted octanol–water partition coefficient (Wildman–Crippen LogP) is 7.42. The Hall–Kier alpha value is -4.75. The highest BCUT2D eigenvalue weighted by Crippen LogP contribution is 2.49. The molecule has 68 heavy (non-hydrogen) atoms. The van der Waals surface area contributed by atoms with Crippen molar-refractivity contribution in [2.45, 2.75) is 129 Å². The van der Waals surface area contributed by atoms with E-state index in [1.165, 1.54) is 28.6 Å². The molecule has 2 amide bonds. The van der Waals surface area contributed by atoms with E-state index in [2.05, 4.69) is 10.6 Å². The zero-order valence-electron chi connectivity index (χ0n) is 40.3. The molecule has 0 aliphatic carbocycles. The summed E-state index contributed by atoms with van der Waals surface area (Å²) >= 11 is 0. The molecule has 376 valence electrons. The number of esters is 1. The van der Waals surface area contributed by atoms with Gasteiger partial charge in [-0.1, -0.05) is 70.2 Å². The molecule has 0 spiro atoms. The molecule has 20 heteroatoms. The van der Waals surface area contributed by atoms with Crippen LogP contribution >= 0.6 is 7.60 Å². The van der Waals surface area contributed by atoms with Crippen molar-refractivity contribution in [3.05, 3.63) is 90.0 Å². The minimum absolute atomic E-state index is 0.0318. The summed E-state index contributed by atoms with van der Waals surface area (Å²) < 4.78 is 88.6. The normalized spacial score (nSPS) is 19.5. The van der Waals surface area contributed by atoms with Gasteiger partial charge in [0.2, 0.25) is 16.4 Å². The number of aliphatic hydroxyl groups excluding tert-OH is 1. The molecule has 0 saturated carbocycles. The van der Waals surface area contributed by atoms with Crippen LogP contribution in [0.25, 0.3) is 0 Å². The second-order valence-electron chi connectivity index (χ2n) is 18.9. The lowest BCUT2D eigenvalue weighted by atomic mass is 10.0. The Morgan fingerprint density at radius 2 is 1.51 bits per heavy atom. The molecular weight excluding hydrogens is 922 g/mol. The van der Waals surface area contributed by atoms with E-state index in [0.717, 1.165) is 0 Å². The van der Waals surface area contributed by atoms with E-state index in [9.17, 15) is 32.5 Å². The van der Waals surface area contributed by atoms with Crippen molar-refractivity contribution in [3.8, 4) is 11.5 Å². The summed E-state index contributed by atoms with van der Waals surface area (Å²) in [5.41, 5.74) is 0.373. The highest BCUT2D eigenvalue weighted by Gasteiger charge is 2.44. The molecule has 0 radical (unpaired) electrons. The minimum Gasteiger partial charge on any atom is -0.480 e. The molecule has 2 aliphatic heterocycles. The largest absolute Gasteiger partial charge is 0.480 e. The number of nitrogens with one attached hydrogen (secondary N) is 2. The summed E-state index contributed by atoms with van der Waals surface area (Å²) in [7, 11) is -7.99. The van der Waals surface area contributed by atoms with E-state index in [0.29, 0.717) is 35.7 Å². The van der Waals surface area contributed by atoms with E-state index in [-0.39, 0.29) is 55.2 Å². The zero-order chi connectivity index (χ0) is 49.8. The Morgan fingerprint density at radius 1 is 0.853 bits per heavy atom. The first-order valence-corrected chi connectivity index (χ1v) is 26.0. The lowest BCUT2D eigenvalue weighted by Crippen LogP contribution is -2.51. The highest BCUT2D eigenvalue weighted by molar-refractivity contribution is 7.89. The number of alkyl carbamates (subject to hydrolysis) is 2. The van der Waals surface area contributed by atoms with E-state index >= 15 is 0 Å². The second kappa shape index (κ2) is 24.2. The topological polar surface area (TPSA) is 224 Å². The number of carbonyl (C=O) groups excluding carboxylic acids is 3. The van der Waals surface area contributed by atoms with Gasteiger partial charge >= 0.3 is 25.8 Å². The van der Waals surface area contributed by atoms with Gasteiger partial charge in [-0.2, -0.15) is 4.31 Å². The minimum atomic E-state index is -4.24. The lowest BCUT2D eigenvalue weighted by molar-refractivity contribution is -0.148. The van der Waals surface area contributed by atoms with Crippen LogP contribution in [-0.2, 0) is 60.6 Å². The van der Waals surface area contributed by atoms with Crippen molar-refractivity contribution in [1.82, 2.24) is 14.9 Å². The van der Waals surface area contributed by atoms with Crippen molar-refractivity contribution in [3.63, 3.8) is 0 Å². The lowest BCUT2D eigenvalue weighted by Gasteiger charge is -2.31. The van der Waals surface area contributed by atoms with E-state index in [4.69, 9.17) is 37.5 Å². The van der Waals surface area contributed by atoms with Crippen LogP contribution in [0, 0.1) is 17.8 Å². The molecule has 0 aromatic heterocycles. The van der Waals surface area contributed by atoms with Crippen LogP contribution in [0.5, 0.6) is 11.5 Å². The number of benzene rings is 3. The van der Waals surface area contributed by atoms with Crippen LogP contribution < -0.4 is 19.9 Å². The van der Waals surface area contributed by atoms with Gasteiger partial charge in [0, 0.05) is 13.1 Å². The average Bonchev–Trinajstić information content (AvgIpc) is 3.88. The van der Waals surface area contributed by atoms with Gasteiger partial charge in [0.25, 0.3) is 0 Å². The van der Waals surface area contributed by atoms with Gasteiger partial charge in [-0.05, 0) is 107 Å². The van der Waals surface area contributed by atoms with Crippen LogP contribution in [-0.4, -0.2) is 111 Å². The SMILES string of the molecule is CC(C)CN(C[C@@H](O)[C@H](Cc1ccc(OCP(=O)(Oc2ccccc2)OC(C)C)cc1)NC(=O)O[C@H]1CO[C@H]2OCC[C@H]21)S(=O)(=O)c1ccc(COC(=O)[C@@H](NC(=O)OC(C)(C)C)C(C)C)cc1. The molecular formula is C48H68N3O15PS. The number of rotatable bonds is 23. The van der Waals surface area contributed by atoms with Gasteiger partial charge < -0.3 is 48.7 Å². The molecule has 2 aliphatic rings. The van der Waals surface area contributed by atoms with Crippen molar-refractivity contribution in [1.29, 1.82) is 0 Å². The van der Waals surface area contributed by atoms with Gasteiger partial charge in [-0.25, -0.2) is 27.4 Å². The number of hydrogen-bond donors (Lipinski definition) is 3. The van der Waals surface area contributed by atoms with E-state index in [1.807, 2.05) is 13.8 Å². The third kappa shape index (κ3) is 16.5. The Morgan fingerprint density at radius 3 is 2.13 bits per heavy atom. The number of aliphatic hydroxyl groups is 1. The number of nitrogens with zero attached hydrogens (tertiary/aromatic N) is 1. The van der Waals surface area contributed by atoms with Crippen LogP contribution in [0.1, 0.15) is 79.9 Å². The molecule has 2 heterocycles. The van der Waals surface area contributed by atoms with Gasteiger partial charge in [0.15, 0.2) is 6.29 Å². The summed E-state index contributed by atoms with van der Waals surface area (Å²) in [6.45, 7) is 15.9. The van der Waals surface area contributed by atoms with Gasteiger partial charge in [-0.3, -0.25) is 4.52 Å². The number of sulfonamides is 1. The third-order valence-corrected chi connectivity index (χ3v) is 14.2. The summed E-state index contributed by atoms with van der Waals surface area (Å²) in [6, 6.07) is 19.1. The number of hydrogen-bond acceptors (Lipinski definition) is 15. The van der Waals surface area contributed by atoms with Crippen LogP contribution in [0.2, 0.25) is 0 Å². The molecule has 3 N–H and O–H groups in total. The molecule has 2 saturated heterocycles. The van der Waals surface area contributed by atoms with Crippen LogP contribution in [0.3, 0.4) is 0 Å². The maximum atomic E-state index is 14.3. The fraction of sp³-hybridized carbons (Fsp3) is 0.562. The Kier molecular flexibility index (Phi) is 19.3. The van der Waals surface area contributed by atoms with Gasteiger partial charge in [0.1, 0.15) is 35.9 Å². The average molecular weight is 990 g/mol. The first-order chi connectivity index (χ1) is 32.0. The summed E-state index contributed by atoms with van der Waals surface area (Å²) in [6.07, 6.45) is -4.14. The Balaban J connectivity index is 1.29. The molecule has 18 nitrogen and oxygen atoms in total. The number of ether oxygens (including phenoxy) is 6. The molecule has 3 aromatic carbocycles. The molecule has 5 rings (SSSR count). The number of fused-ring (bicyclic) bond motifs is 1. The van der Waals surface area contributed by atoms with Crippen molar-refractivity contribution >= 4 is 35.8 Å². The third-order valence-electron chi connectivity index (χ3n) is 10.6. The molecule has 3 aromatic rings.